The number of fused-ring (bicyclic) bond motifs is 3. The summed E-state index contributed by atoms with van der Waals surface area (Å²) in [5, 5.41) is 9.11. The third-order valence-electron chi connectivity index (χ3n) is 4.91. The molecule has 0 aromatic carbocycles. The predicted molar refractivity (Wildman–Crippen MR) is 85.9 cm³/mol. The van der Waals surface area contributed by atoms with Crippen LogP contribution in [0.3, 0.4) is 0 Å². The summed E-state index contributed by atoms with van der Waals surface area (Å²) in [6.07, 6.45) is 14.8. The molecule has 2 aliphatic rings. The third-order valence-corrected chi connectivity index (χ3v) is 4.91. The molecule has 4 rings (SSSR count). The number of aromatic nitrogens is 3. The first-order valence-electron chi connectivity index (χ1n) is 7.93. The lowest BCUT2D eigenvalue weighted by Crippen LogP contribution is -2.21. The van der Waals surface area contributed by atoms with E-state index in [0.29, 0.717) is 12.2 Å². The van der Waals surface area contributed by atoms with Gasteiger partial charge in [0, 0.05) is 35.2 Å². The fourth-order valence-corrected chi connectivity index (χ4v) is 3.57. The fourth-order valence-electron chi connectivity index (χ4n) is 3.57. The van der Waals surface area contributed by atoms with Crippen LogP contribution in [-0.2, 0) is 4.79 Å². The summed E-state index contributed by atoms with van der Waals surface area (Å²) in [5.74, 6) is 0.812. The first-order chi connectivity index (χ1) is 10.7. The molecule has 112 valence electrons. The molecular formula is C18H19N3O. The Hall–Kier alpha value is -2.23. The number of hydrogen-bond donors (Lipinski definition) is 0. The number of allylic oxidation sites excluding steroid dienone is 2. The van der Waals surface area contributed by atoms with Crippen molar-refractivity contribution in [3.8, 4) is 0 Å². The van der Waals surface area contributed by atoms with Gasteiger partial charge in [0.05, 0.1) is 11.7 Å². The zero-order valence-corrected chi connectivity index (χ0v) is 12.5. The summed E-state index contributed by atoms with van der Waals surface area (Å²) in [5.41, 5.74) is 3.47. The minimum absolute atomic E-state index is 0.186. The second kappa shape index (κ2) is 5.20. The van der Waals surface area contributed by atoms with Crippen LogP contribution in [0.2, 0.25) is 0 Å². The van der Waals surface area contributed by atoms with Gasteiger partial charge >= 0.3 is 0 Å². The normalized spacial score (nSPS) is 21.8. The van der Waals surface area contributed by atoms with E-state index in [0.717, 1.165) is 42.0 Å². The maximum Gasteiger partial charge on any atom is 0.136 e. The predicted octanol–water partition coefficient (Wildman–Crippen LogP) is 2.58. The van der Waals surface area contributed by atoms with Crippen LogP contribution in [0, 0.1) is 11.8 Å². The maximum atomic E-state index is 12.5. The molecule has 0 N–H and O–H groups in total. The molecule has 2 heterocycles. The zero-order valence-electron chi connectivity index (χ0n) is 12.5. The van der Waals surface area contributed by atoms with Gasteiger partial charge in [-0.1, -0.05) is 35.6 Å². The number of hydrogen-bond acceptors (Lipinski definition) is 3. The number of Topliss-reactive ketones (excluding diaryl/α,β-unsaturated/α-hetero) is 1. The number of carbonyl (C=O) groups excluding carboxylic acids is 1. The Morgan fingerprint density at radius 2 is 2.18 bits per heavy atom. The van der Waals surface area contributed by atoms with Crippen molar-refractivity contribution < 1.29 is 4.79 Å². The molecule has 0 aliphatic heterocycles. The highest BCUT2D eigenvalue weighted by atomic mass is 16.1. The molecule has 1 fully saturated rings. The molecule has 22 heavy (non-hydrogen) atoms. The van der Waals surface area contributed by atoms with Crippen LogP contribution in [0.1, 0.15) is 37.7 Å². The molecule has 2 aliphatic carbocycles. The Labute approximate surface area is 129 Å². The van der Waals surface area contributed by atoms with E-state index < -0.39 is 0 Å². The molecule has 1 atom stereocenters. The minimum atomic E-state index is 0.186. The monoisotopic (exact) mass is 293 g/mol. The Kier molecular flexibility index (Phi) is 3.17. The summed E-state index contributed by atoms with van der Waals surface area (Å²) < 4.78 is 1.79. The van der Waals surface area contributed by atoms with Crippen molar-refractivity contribution in [1.82, 2.24) is 14.8 Å². The average Bonchev–Trinajstić information content (AvgIpc) is 3.09. The van der Waals surface area contributed by atoms with Crippen molar-refractivity contribution in [1.29, 1.82) is 0 Å². The second-order valence-corrected chi connectivity index (χ2v) is 6.45. The smallest absolute Gasteiger partial charge is 0.136 e. The molecule has 0 saturated heterocycles. The number of ketones is 1. The molecule has 4 heteroatoms. The van der Waals surface area contributed by atoms with Crippen molar-refractivity contribution in [2.75, 3.05) is 0 Å². The van der Waals surface area contributed by atoms with Gasteiger partial charge in [-0.05, 0) is 25.7 Å². The number of carbonyl (C=O) groups is 1. The van der Waals surface area contributed by atoms with Crippen molar-refractivity contribution in [3.05, 3.63) is 41.4 Å². The van der Waals surface area contributed by atoms with Gasteiger partial charge in [0.1, 0.15) is 5.78 Å². The summed E-state index contributed by atoms with van der Waals surface area (Å²) in [4.78, 5) is 12.5. The van der Waals surface area contributed by atoms with E-state index in [1.54, 1.807) is 10.7 Å². The lowest BCUT2D eigenvalue weighted by molar-refractivity contribution is -0.123. The summed E-state index contributed by atoms with van der Waals surface area (Å²) >= 11 is 0. The molecule has 2 aromatic rings. The van der Waals surface area contributed by atoms with Gasteiger partial charge < -0.3 is 0 Å². The van der Waals surface area contributed by atoms with E-state index in [9.17, 15) is 4.79 Å². The Morgan fingerprint density at radius 3 is 3.00 bits per heavy atom. The molecule has 4 nitrogen and oxygen atoms in total. The van der Waals surface area contributed by atoms with Crippen LogP contribution in [-0.4, -0.2) is 20.6 Å². The highest BCUT2D eigenvalue weighted by Crippen LogP contribution is 2.30. The molecular weight excluding hydrogens is 274 g/mol. The summed E-state index contributed by atoms with van der Waals surface area (Å²) in [6.45, 7) is 4.02. The van der Waals surface area contributed by atoms with Crippen molar-refractivity contribution in [2.24, 2.45) is 11.8 Å². The molecule has 1 saturated carbocycles. The molecule has 0 spiro atoms. The van der Waals surface area contributed by atoms with Crippen LogP contribution in [0.4, 0.5) is 0 Å². The van der Waals surface area contributed by atoms with Crippen LogP contribution in [0.5, 0.6) is 0 Å². The van der Waals surface area contributed by atoms with E-state index in [-0.39, 0.29) is 11.8 Å². The highest BCUT2D eigenvalue weighted by Gasteiger charge is 2.24. The fraction of sp³-hybridized carbons (Fsp3) is 0.389. The molecule has 1 unspecified atom stereocenters. The van der Waals surface area contributed by atoms with Crippen LogP contribution in [0.15, 0.2) is 30.6 Å². The molecule has 0 bridgehead atoms. The SMILES string of the molecule is C=C1CCC(C(=O)CC2C=Cc3cn4nncc4c3=C2)CC1. The zero-order chi connectivity index (χ0) is 15.1. The first kappa shape index (κ1) is 13.4. The minimum Gasteiger partial charge on any atom is -0.299 e. The lowest BCUT2D eigenvalue weighted by atomic mass is 9.81. The topological polar surface area (TPSA) is 47.3 Å². The van der Waals surface area contributed by atoms with E-state index in [2.05, 4.69) is 35.1 Å². The Morgan fingerprint density at radius 1 is 1.36 bits per heavy atom. The van der Waals surface area contributed by atoms with Gasteiger partial charge in [0.25, 0.3) is 0 Å². The van der Waals surface area contributed by atoms with E-state index in [1.165, 1.54) is 5.57 Å². The Bertz CT molecular complexity index is 820. The van der Waals surface area contributed by atoms with Gasteiger partial charge in [-0.25, -0.2) is 4.52 Å². The summed E-state index contributed by atoms with van der Waals surface area (Å²) in [6, 6.07) is 0. The van der Waals surface area contributed by atoms with Gasteiger partial charge in [-0.3, -0.25) is 4.79 Å². The van der Waals surface area contributed by atoms with Gasteiger partial charge in [0.2, 0.25) is 0 Å². The van der Waals surface area contributed by atoms with Crippen LogP contribution in [0.25, 0.3) is 17.7 Å². The van der Waals surface area contributed by atoms with E-state index >= 15 is 0 Å². The van der Waals surface area contributed by atoms with Crippen molar-refractivity contribution >= 4 is 23.5 Å². The molecule has 2 aromatic heterocycles. The largest absolute Gasteiger partial charge is 0.299 e. The highest BCUT2D eigenvalue weighted by molar-refractivity contribution is 5.83. The van der Waals surface area contributed by atoms with Crippen LogP contribution < -0.4 is 5.22 Å². The average molecular weight is 293 g/mol. The second-order valence-electron chi connectivity index (χ2n) is 6.45. The Balaban J connectivity index is 1.53. The third kappa shape index (κ3) is 2.28. The first-order valence-corrected chi connectivity index (χ1v) is 7.93. The summed E-state index contributed by atoms with van der Waals surface area (Å²) in [7, 11) is 0. The van der Waals surface area contributed by atoms with Gasteiger partial charge in [-0.2, -0.15) is 0 Å². The number of nitrogens with zero attached hydrogens (tertiary/aromatic N) is 3. The molecule has 0 radical (unpaired) electrons. The quantitative estimate of drug-likeness (QED) is 0.817. The lowest BCUT2D eigenvalue weighted by Gasteiger charge is -2.23. The maximum absolute atomic E-state index is 12.5. The van der Waals surface area contributed by atoms with Crippen molar-refractivity contribution in [2.45, 2.75) is 32.1 Å². The van der Waals surface area contributed by atoms with E-state index in [1.807, 2.05) is 6.20 Å². The van der Waals surface area contributed by atoms with Crippen molar-refractivity contribution in [3.63, 3.8) is 0 Å². The van der Waals surface area contributed by atoms with Crippen LogP contribution >= 0.6 is 0 Å². The van der Waals surface area contributed by atoms with Gasteiger partial charge in [0.15, 0.2) is 0 Å². The standard InChI is InChI=1S/C18H19N3O/c1-12-2-5-14(6-3-12)18(22)9-13-4-7-15-11-21-17(10-19-20-21)16(15)8-13/h4,7-8,10-11,13-14H,1-3,5-6,9H2. The molecule has 0 amide bonds. The number of rotatable bonds is 3. The van der Waals surface area contributed by atoms with Gasteiger partial charge in [-0.15, -0.1) is 5.10 Å². The van der Waals surface area contributed by atoms with E-state index in [4.69, 9.17) is 0 Å².